The minimum atomic E-state index is 0.0898. The predicted octanol–water partition coefficient (Wildman–Crippen LogP) is 7.01. The van der Waals surface area contributed by atoms with Gasteiger partial charge in [0.05, 0.1) is 18.9 Å². The van der Waals surface area contributed by atoms with Gasteiger partial charge >= 0.3 is 0 Å². The summed E-state index contributed by atoms with van der Waals surface area (Å²) in [5.41, 5.74) is 8.55. The molecule has 0 unspecified atom stereocenters. The SMILES string of the molecule is CCCNc1nc(-c2ccc(OCCCCCOc3ccc(C(N)=NO)cc3)cc2)c(C2CCCC2)s1. The highest BCUT2D eigenvalue weighted by atomic mass is 32.1. The molecule has 2 aromatic carbocycles. The molecule has 0 radical (unpaired) electrons. The summed E-state index contributed by atoms with van der Waals surface area (Å²) in [4.78, 5) is 6.40. The summed E-state index contributed by atoms with van der Waals surface area (Å²) < 4.78 is 11.8. The molecule has 1 aromatic heterocycles. The Bertz CT molecular complexity index is 1120. The summed E-state index contributed by atoms with van der Waals surface area (Å²) in [5, 5.41) is 16.2. The van der Waals surface area contributed by atoms with Crippen molar-refractivity contribution in [1.82, 2.24) is 4.98 Å². The zero-order valence-electron chi connectivity index (χ0n) is 21.6. The molecule has 1 fully saturated rings. The second-order valence-electron chi connectivity index (χ2n) is 9.43. The number of ether oxygens (including phenoxy) is 2. The Balaban J connectivity index is 1.20. The predicted molar refractivity (Wildman–Crippen MR) is 151 cm³/mol. The van der Waals surface area contributed by atoms with E-state index in [1.165, 1.54) is 36.1 Å². The quantitative estimate of drug-likeness (QED) is 0.0692. The maximum absolute atomic E-state index is 8.72. The molecule has 1 aliphatic carbocycles. The van der Waals surface area contributed by atoms with Crippen LogP contribution in [0.5, 0.6) is 11.5 Å². The average molecular weight is 523 g/mol. The highest BCUT2D eigenvalue weighted by molar-refractivity contribution is 7.16. The summed E-state index contributed by atoms with van der Waals surface area (Å²) in [7, 11) is 0. The van der Waals surface area contributed by atoms with E-state index < -0.39 is 0 Å². The van der Waals surface area contributed by atoms with Gasteiger partial charge in [-0.1, -0.05) is 24.9 Å². The molecule has 7 nitrogen and oxygen atoms in total. The van der Waals surface area contributed by atoms with Crippen LogP contribution >= 0.6 is 11.3 Å². The molecule has 3 aromatic rings. The van der Waals surface area contributed by atoms with Crippen LogP contribution in [0.1, 0.15) is 74.6 Å². The third-order valence-electron chi connectivity index (χ3n) is 6.62. The number of benzene rings is 2. The van der Waals surface area contributed by atoms with Gasteiger partial charge in [0, 0.05) is 22.5 Å². The molecular weight excluding hydrogens is 484 g/mol. The number of unbranched alkanes of at least 4 members (excludes halogenated alkanes) is 2. The first-order chi connectivity index (χ1) is 18.2. The minimum Gasteiger partial charge on any atom is -0.494 e. The highest BCUT2D eigenvalue weighted by Crippen LogP contribution is 2.43. The van der Waals surface area contributed by atoms with Gasteiger partial charge in [0.1, 0.15) is 11.5 Å². The maximum Gasteiger partial charge on any atom is 0.183 e. The molecule has 0 amide bonds. The number of thiazole rings is 1. The molecule has 0 saturated heterocycles. The van der Waals surface area contributed by atoms with E-state index >= 15 is 0 Å². The van der Waals surface area contributed by atoms with Crippen LogP contribution in [-0.2, 0) is 0 Å². The molecule has 37 heavy (non-hydrogen) atoms. The first-order valence-electron chi connectivity index (χ1n) is 13.4. The van der Waals surface area contributed by atoms with E-state index in [2.05, 4.69) is 41.7 Å². The van der Waals surface area contributed by atoms with Gasteiger partial charge in [-0.3, -0.25) is 0 Å². The zero-order valence-corrected chi connectivity index (χ0v) is 22.4. The highest BCUT2D eigenvalue weighted by Gasteiger charge is 2.24. The molecule has 4 rings (SSSR count). The average Bonchev–Trinajstić information content (AvgIpc) is 3.62. The molecule has 1 heterocycles. The van der Waals surface area contributed by atoms with Crippen LogP contribution in [0, 0.1) is 0 Å². The Morgan fingerprint density at radius 3 is 2.22 bits per heavy atom. The molecule has 8 heteroatoms. The van der Waals surface area contributed by atoms with Gasteiger partial charge in [-0.15, -0.1) is 11.3 Å². The van der Waals surface area contributed by atoms with E-state index in [1.807, 2.05) is 23.5 Å². The number of amidine groups is 1. The third kappa shape index (κ3) is 7.61. The number of hydrogen-bond acceptors (Lipinski definition) is 7. The van der Waals surface area contributed by atoms with Crippen LogP contribution in [0.4, 0.5) is 5.13 Å². The largest absolute Gasteiger partial charge is 0.494 e. The lowest BCUT2D eigenvalue weighted by atomic mass is 10.0. The number of aromatic nitrogens is 1. The Labute approximate surface area is 223 Å². The van der Waals surface area contributed by atoms with Gasteiger partial charge in [0.15, 0.2) is 11.0 Å². The number of nitrogens with zero attached hydrogens (tertiary/aromatic N) is 2. The fourth-order valence-corrected chi connectivity index (χ4v) is 5.74. The molecule has 1 saturated carbocycles. The fourth-order valence-electron chi connectivity index (χ4n) is 4.56. The third-order valence-corrected chi connectivity index (χ3v) is 7.79. The molecule has 0 aliphatic heterocycles. The molecular formula is C29H38N4O3S. The van der Waals surface area contributed by atoms with Crippen molar-refractivity contribution >= 4 is 22.3 Å². The Morgan fingerprint density at radius 2 is 1.62 bits per heavy atom. The smallest absolute Gasteiger partial charge is 0.183 e. The fraction of sp³-hybridized carbons (Fsp3) is 0.448. The van der Waals surface area contributed by atoms with Gasteiger partial charge in [-0.05, 0) is 93.0 Å². The van der Waals surface area contributed by atoms with E-state index in [9.17, 15) is 0 Å². The van der Waals surface area contributed by atoms with E-state index in [-0.39, 0.29) is 5.84 Å². The molecule has 198 valence electrons. The Kier molecular flexibility index (Phi) is 10.1. The van der Waals surface area contributed by atoms with Gasteiger partial charge < -0.3 is 25.7 Å². The maximum atomic E-state index is 8.72. The summed E-state index contributed by atoms with van der Waals surface area (Å²) in [6, 6.07) is 15.6. The lowest BCUT2D eigenvalue weighted by Crippen LogP contribution is -2.12. The van der Waals surface area contributed by atoms with Gasteiger partial charge in [-0.25, -0.2) is 4.98 Å². The van der Waals surface area contributed by atoms with E-state index in [0.29, 0.717) is 24.7 Å². The van der Waals surface area contributed by atoms with Crippen molar-refractivity contribution in [1.29, 1.82) is 0 Å². The molecule has 1 aliphatic rings. The van der Waals surface area contributed by atoms with Crippen molar-refractivity contribution in [2.45, 2.75) is 64.2 Å². The van der Waals surface area contributed by atoms with Gasteiger partial charge in [0.2, 0.25) is 0 Å². The van der Waals surface area contributed by atoms with Crippen LogP contribution in [0.3, 0.4) is 0 Å². The van der Waals surface area contributed by atoms with E-state index in [1.54, 1.807) is 12.1 Å². The van der Waals surface area contributed by atoms with Gasteiger partial charge in [0.25, 0.3) is 0 Å². The number of nitrogens with one attached hydrogen (secondary N) is 1. The number of oxime groups is 1. The number of nitrogens with two attached hydrogens (primary N) is 1. The summed E-state index contributed by atoms with van der Waals surface area (Å²) in [6.45, 7) is 4.46. The van der Waals surface area contributed by atoms with Gasteiger partial charge in [-0.2, -0.15) is 0 Å². The van der Waals surface area contributed by atoms with Crippen molar-refractivity contribution in [2.75, 3.05) is 25.1 Å². The molecule has 0 atom stereocenters. The molecule has 0 spiro atoms. The summed E-state index contributed by atoms with van der Waals surface area (Å²) >= 11 is 1.84. The van der Waals surface area contributed by atoms with Crippen molar-refractivity contribution in [3.8, 4) is 22.8 Å². The van der Waals surface area contributed by atoms with Crippen molar-refractivity contribution < 1.29 is 14.7 Å². The van der Waals surface area contributed by atoms with Crippen molar-refractivity contribution in [3.63, 3.8) is 0 Å². The number of hydrogen-bond donors (Lipinski definition) is 3. The van der Waals surface area contributed by atoms with Crippen molar-refractivity contribution in [2.24, 2.45) is 10.9 Å². The number of rotatable bonds is 14. The van der Waals surface area contributed by atoms with Crippen LogP contribution in [-0.4, -0.2) is 35.8 Å². The topological polar surface area (TPSA) is 102 Å². The van der Waals surface area contributed by atoms with E-state index in [4.69, 9.17) is 25.4 Å². The van der Waals surface area contributed by atoms with Crippen LogP contribution in [0.15, 0.2) is 53.7 Å². The lowest BCUT2D eigenvalue weighted by molar-refractivity contribution is 0.279. The number of anilines is 1. The molecule has 0 bridgehead atoms. The Morgan fingerprint density at radius 1 is 1.00 bits per heavy atom. The van der Waals surface area contributed by atoms with Crippen molar-refractivity contribution in [3.05, 3.63) is 59.0 Å². The zero-order chi connectivity index (χ0) is 25.9. The van der Waals surface area contributed by atoms with Crippen LogP contribution in [0.25, 0.3) is 11.3 Å². The first-order valence-corrected chi connectivity index (χ1v) is 14.2. The minimum absolute atomic E-state index is 0.0898. The first kappa shape index (κ1) is 26.8. The van der Waals surface area contributed by atoms with Crippen LogP contribution < -0.4 is 20.5 Å². The lowest BCUT2D eigenvalue weighted by Gasteiger charge is -2.10. The second kappa shape index (κ2) is 13.9. The van der Waals surface area contributed by atoms with Crippen LogP contribution in [0.2, 0.25) is 0 Å². The second-order valence-corrected chi connectivity index (χ2v) is 10.5. The summed E-state index contributed by atoms with van der Waals surface area (Å²) in [6.07, 6.45) is 9.23. The van der Waals surface area contributed by atoms with E-state index in [0.717, 1.165) is 54.6 Å². The molecule has 4 N–H and O–H groups in total. The Hall–Kier alpha value is -3.26. The standard InChI is InChI=1S/C29H38N4O3S/c1-2-18-31-29-32-26(27(37-29)22-8-4-5-9-22)21-10-14-24(15-11-21)35-19-6-3-7-20-36-25-16-12-23(13-17-25)28(30)33-34/h10-17,22,34H,2-9,18-20H2,1H3,(H2,30,33)(H,31,32). The monoisotopic (exact) mass is 522 g/mol. The summed E-state index contributed by atoms with van der Waals surface area (Å²) in [5.74, 6) is 2.40. The normalized spacial score (nSPS) is 14.1.